The van der Waals surface area contributed by atoms with Gasteiger partial charge in [-0.05, 0) is 43.3 Å². The van der Waals surface area contributed by atoms with E-state index in [0.29, 0.717) is 11.5 Å². The van der Waals surface area contributed by atoms with Gasteiger partial charge in [0, 0.05) is 0 Å². The van der Waals surface area contributed by atoms with Crippen molar-refractivity contribution < 1.29 is 22.7 Å². The van der Waals surface area contributed by atoms with Gasteiger partial charge in [-0.15, -0.1) is 0 Å². The number of carbonyl (C=O) groups is 1. The van der Waals surface area contributed by atoms with Gasteiger partial charge in [0.25, 0.3) is 5.91 Å². The Labute approximate surface area is 154 Å². The van der Waals surface area contributed by atoms with Gasteiger partial charge in [0.1, 0.15) is 5.75 Å². The largest absolute Gasteiger partial charge is 0.455 e. The third-order valence-corrected chi connectivity index (χ3v) is 3.86. The molecule has 0 radical (unpaired) electrons. The van der Waals surface area contributed by atoms with Crippen LogP contribution in [0.15, 0.2) is 72.8 Å². The summed E-state index contributed by atoms with van der Waals surface area (Å²) in [5, 5.41) is 2.51. The van der Waals surface area contributed by atoms with Crippen molar-refractivity contribution in [3.8, 4) is 11.5 Å². The Bertz CT molecular complexity index is 950. The second kappa shape index (κ2) is 7.53. The maximum atomic E-state index is 13.1. The van der Waals surface area contributed by atoms with Gasteiger partial charge in [-0.1, -0.05) is 42.0 Å². The third kappa shape index (κ3) is 4.47. The molecule has 138 valence electrons. The van der Waals surface area contributed by atoms with Crippen molar-refractivity contribution in [3.05, 3.63) is 89.5 Å². The minimum absolute atomic E-state index is 0.278. The second-order valence-electron chi connectivity index (χ2n) is 5.91. The van der Waals surface area contributed by atoms with Gasteiger partial charge in [-0.3, -0.25) is 4.79 Å². The molecule has 6 heteroatoms. The average Bonchev–Trinajstić information content (AvgIpc) is 2.64. The fourth-order valence-corrected chi connectivity index (χ4v) is 2.51. The molecular weight excluding hydrogens is 355 g/mol. The molecular formula is C21H16F3NO2. The average molecular weight is 371 g/mol. The molecule has 0 bridgehead atoms. The van der Waals surface area contributed by atoms with Crippen LogP contribution in [0.2, 0.25) is 0 Å². The SMILES string of the molecule is Cc1ccc(Oc2ccccc2NC(=O)c2ccccc2C(F)(F)F)cc1. The van der Waals surface area contributed by atoms with Gasteiger partial charge < -0.3 is 10.1 Å². The number of halogens is 3. The Morgan fingerprint density at radius 2 is 1.52 bits per heavy atom. The molecule has 0 saturated carbocycles. The molecule has 0 aliphatic heterocycles. The van der Waals surface area contributed by atoms with E-state index in [-0.39, 0.29) is 5.69 Å². The molecule has 3 nitrogen and oxygen atoms in total. The molecule has 0 aliphatic carbocycles. The zero-order chi connectivity index (χ0) is 19.4. The highest BCUT2D eigenvalue weighted by molar-refractivity contribution is 6.06. The highest BCUT2D eigenvalue weighted by Gasteiger charge is 2.34. The fraction of sp³-hybridized carbons (Fsp3) is 0.0952. The highest BCUT2D eigenvalue weighted by atomic mass is 19.4. The van der Waals surface area contributed by atoms with Crippen LogP contribution in [0.25, 0.3) is 0 Å². The van der Waals surface area contributed by atoms with E-state index in [4.69, 9.17) is 4.74 Å². The van der Waals surface area contributed by atoms with Crippen LogP contribution in [0.1, 0.15) is 21.5 Å². The Morgan fingerprint density at radius 3 is 2.22 bits per heavy atom. The number of hydrogen-bond donors (Lipinski definition) is 1. The van der Waals surface area contributed by atoms with Gasteiger partial charge in [-0.25, -0.2) is 0 Å². The summed E-state index contributed by atoms with van der Waals surface area (Å²) in [6, 6.07) is 18.5. The number of benzene rings is 3. The first-order valence-corrected chi connectivity index (χ1v) is 8.16. The molecule has 0 atom stereocenters. The summed E-state index contributed by atoms with van der Waals surface area (Å²) in [6.45, 7) is 1.94. The van der Waals surface area contributed by atoms with Crippen LogP contribution in [0.4, 0.5) is 18.9 Å². The maximum Gasteiger partial charge on any atom is 0.417 e. The zero-order valence-corrected chi connectivity index (χ0v) is 14.4. The van der Waals surface area contributed by atoms with Gasteiger partial charge in [-0.2, -0.15) is 13.2 Å². The number of rotatable bonds is 4. The molecule has 1 amide bonds. The lowest BCUT2D eigenvalue weighted by molar-refractivity contribution is -0.137. The standard InChI is InChI=1S/C21H16F3NO2/c1-14-10-12-15(13-11-14)27-19-9-5-4-8-18(19)25-20(26)16-6-2-3-7-17(16)21(22,23)24/h2-13H,1H3,(H,25,26). The van der Waals surface area contributed by atoms with Gasteiger partial charge in [0.2, 0.25) is 0 Å². The van der Waals surface area contributed by atoms with E-state index in [1.54, 1.807) is 36.4 Å². The van der Waals surface area contributed by atoms with Gasteiger partial charge >= 0.3 is 6.18 Å². The van der Waals surface area contributed by atoms with Crippen LogP contribution in [0.5, 0.6) is 11.5 Å². The van der Waals surface area contributed by atoms with Crippen LogP contribution in [-0.4, -0.2) is 5.91 Å². The number of alkyl halides is 3. The van der Waals surface area contributed by atoms with Crippen molar-refractivity contribution in [3.63, 3.8) is 0 Å². The van der Waals surface area contributed by atoms with Crippen LogP contribution in [0, 0.1) is 6.92 Å². The first-order chi connectivity index (χ1) is 12.8. The van der Waals surface area contributed by atoms with E-state index in [1.165, 1.54) is 12.1 Å². The van der Waals surface area contributed by atoms with Crippen molar-refractivity contribution in [2.75, 3.05) is 5.32 Å². The molecule has 0 aromatic heterocycles. The number of aryl methyl sites for hydroxylation is 1. The van der Waals surface area contributed by atoms with Gasteiger partial charge in [0.05, 0.1) is 16.8 Å². The first kappa shape index (κ1) is 18.5. The molecule has 0 fully saturated rings. The van der Waals surface area contributed by atoms with E-state index in [2.05, 4.69) is 5.32 Å². The molecule has 0 heterocycles. The van der Waals surface area contributed by atoms with Crippen LogP contribution in [0.3, 0.4) is 0 Å². The van der Waals surface area contributed by atoms with E-state index >= 15 is 0 Å². The molecule has 27 heavy (non-hydrogen) atoms. The molecule has 0 saturated heterocycles. The number of hydrogen-bond acceptors (Lipinski definition) is 2. The molecule has 3 rings (SSSR count). The summed E-state index contributed by atoms with van der Waals surface area (Å²) in [6.07, 6.45) is -4.62. The lowest BCUT2D eigenvalue weighted by Gasteiger charge is -2.15. The van der Waals surface area contributed by atoms with Crippen molar-refractivity contribution in [1.29, 1.82) is 0 Å². The Hall–Kier alpha value is -3.28. The predicted octanol–water partition coefficient (Wildman–Crippen LogP) is 6.06. The number of ether oxygens (including phenoxy) is 1. The minimum atomic E-state index is -4.62. The smallest absolute Gasteiger partial charge is 0.417 e. The molecule has 0 aliphatic rings. The van der Waals surface area contributed by atoms with E-state index in [9.17, 15) is 18.0 Å². The summed E-state index contributed by atoms with van der Waals surface area (Å²) in [7, 11) is 0. The number of anilines is 1. The Balaban J connectivity index is 1.87. The lowest BCUT2D eigenvalue weighted by Crippen LogP contribution is -2.18. The van der Waals surface area contributed by atoms with Crippen molar-refractivity contribution in [1.82, 2.24) is 0 Å². The quantitative estimate of drug-likeness (QED) is 0.605. The summed E-state index contributed by atoms with van der Waals surface area (Å²) < 4.78 is 45.2. The molecule has 0 unspecified atom stereocenters. The van der Waals surface area contributed by atoms with Crippen LogP contribution in [-0.2, 0) is 6.18 Å². The minimum Gasteiger partial charge on any atom is -0.455 e. The van der Waals surface area contributed by atoms with Crippen molar-refractivity contribution in [2.45, 2.75) is 13.1 Å². The summed E-state index contributed by atoms with van der Waals surface area (Å²) in [5.74, 6) is 0.0278. The van der Waals surface area contributed by atoms with E-state index < -0.39 is 23.2 Å². The monoisotopic (exact) mass is 371 g/mol. The molecule has 3 aromatic carbocycles. The maximum absolute atomic E-state index is 13.1. The molecule has 1 N–H and O–H groups in total. The number of carbonyl (C=O) groups excluding carboxylic acids is 1. The van der Waals surface area contributed by atoms with Crippen LogP contribution >= 0.6 is 0 Å². The van der Waals surface area contributed by atoms with Crippen molar-refractivity contribution in [2.24, 2.45) is 0 Å². The molecule has 0 spiro atoms. The zero-order valence-electron chi connectivity index (χ0n) is 14.4. The normalized spacial score (nSPS) is 11.1. The Kier molecular flexibility index (Phi) is 5.16. The third-order valence-electron chi connectivity index (χ3n) is 3.86. The number of nitrogens with one attached hydrogen (secondary N) is 1. The summed E-state index contributed by atoms with van der Waals surface area (Å²) >= 11 is 0. The number of para-hydroxylation sites is 2. The van der Waals surface area contributed by atoms with E-state index in [0.717, 1.165) is 17.7 Å². The van der Waals surface area contributed by atoms with Crippen LogP contribution < -0.4 is 10.1 Å². The van der Waals surface area contributed by atoms with Crippen molar-refractivity contribution >= 4 is 11.6 Å². The van der Waals surface area contributed by atoms with E-state index in [1.807, 2.05) is 19.1 Å². The first-order valence-electron chi connectivity index (χ1n) is 8.16. The lowest BCUT2D eigenvalue weighted by atomic mass is 10.1. The number of amides is 1. The van der Waals surface area contributed by atoms with Gasteiger partial charge in [0.15, 0.2) is 5.75 Å². The molecule has 3 aromatic rings. The topological polar surface area (TPSA) is 38.3 Å². The second-order valence-corrected chi connectivity index (χ2v) is 5.91. The summed E-state index contributed by atoms with van der Waals surface area (Å²) in [4.78, 5) is 12.5. The Morgan fingerprint density at radius 1 is 0.889 bits per heavy atom. The summed E-state index contributed by atoms with van der Waals surface area (Å²) in [5.41, 5.74) is -0.0951. The predicted molar refractivity (Wildman–Crippen MR) is 97.1 cm³/mol. The fourth-order valence-electron chi connectivity index (χ4n) is 2.51. The highest BCUT2D eigenvalue weighted by Crippen LogP contribution is 2.33.